The third kappa shape index (κ3) is 3.09. The van der Waals surface area contributed by atoms with E-state index in [4.69, 9.17) is 15.9 Å². The molecule has 0 saturated carbocycles. The second-order valence-corrected chi connectivity index (χ2v) is 3.44. The maximum absolute atomic E-state index is 10.6. The van der Waals surface area contributed by atoms with E-state index in [-0.39, 0.29) is 19.4 Å². The fourth-order valence-corrected chi connectivity index (χ4v) is 1.59. The summed E-state index contributed by atoms with van der Waals surface area (Å²) in [7, 11) is 0. The van der Waals surface area contributed by atoms with Gasteiger partial charge in [-0.2, -0.15) is 0 Å². The zero-order valence-corrected chi connectivity index (χ0v) is 8.69. The zero-order chi connectivity index (χ0) is 12.1. The maximum atomic E-state index is 10.6. The van der Waals surface area contributed by atoms with E-state index in [0.717, 1.165) is 0 Å². The van der Waals surface area contributed by atoms with Gasteiger partial charge in [-0.1, -0.05) is 0 Å². The number of aliphatic carboxylic acids is 2. The van der Waals surface area contributed by atoms with Gasteiger partial charge >= 0.3 is 11.9 Å². The first-order valence-electron chi connectivity index (χ1n) is 4.86. The van der Waals surface area contributed by atoms with Crippen molar-refractivity contribution in [1.29, 1.82) is 0 Å². The van der Waals surface area contributed by atoms with E-state index in [1.807, 2.05) is 0 Å². The summed E-state index contributed by atoms with van der Waals surface area (Å²) in [6.07, 6.45) is 1.73. The minimum absolute atomic E-state index is 0.0303. The highest BCUT2D eigenvalue weighted by Gasteiger charge is 2.13. The van der Waals surface area contributed by atoms with Crippen molar-refractivity contribution in [1.82, 2.24) is 4.98 Å². The Morgan fingerprint density at radius 1 is 1.31 bits per heavy atom. The summed E-state index contributed by atoms with van der Waals surface area (Å²) in [4.78, 5) is 23.9. The smallest absolute Gasteiger partial charge is 0.307 e. The highest BCUT2D eigenvalue weighted by Crippen LogP contribution is 2.17. The molecule has 0 saturated heterocycles. The van der Waals surface area contributed by atoms with Gasteiger partial charge in [-0.15, -0.1) is 0 Å². The Labute approximate surface area is 92.1 Å². The fraction of sp³-hybridized carbons (Fsp3) is 0.400. The SMILES string of the molecule is NCc1[nH]cc(CC(=O)O)c1CCC(=O)O. The van der Waals surface area contributed by atoms with E-state index in [0.29, 0.717) is 23.2 Å². The Balaban J connectivity index is 2.87. The molecule has 0 amide bonds. The van der Waals surface area contributed by atoms with Crippen LogP contribution in [0.5, 0.6) is 0 Å². The Bertz CT molecular complexity index is 398. The number of nitrogens with two attached hydrogens (primary N) is 1. The molecule has 1 aromatic rings. The van der Waals surface area contributed by atoms with Crippen molar-refractivity contribution < 1.29 is 19.8 Å². The third-order valence-electron chi connectivity index (χ3n) is 2.31. The van der Waals surface area contributed by atoms with Gasteiger partial charge in [-0.25, -0.2) is 0 Å². The van der Waals surface area contributed by atoms with Crippen molar-refractivity contribution in [2.75, 3.05) is 0 Å². The van der Waals surface area contributed by atoms with Gasteiger partial charge in [0.15, 0.2) is 0 Å². The van der Waals surface area contributed by atoms with E-state index in [1.165, 1.54) is 0 Å². The predicted octanol–water partition coefficient (Wildman–Crippen LogP) is 0.118. The van der Waals surface area contributed by atoms with Crippen molar-refractivity contribution in [3.05, 3.63) is 23.0 Å². The van der Waals surface area contributed by atoms with Crippen LogP contribution < -0.4 is 5.73 Å². The lowest BCUT2D eigenvalue weighted by Crippen LogP contribution is -2.07. The van der Waals surface area contributed by atoms with Crippen LogP contribution in [0.15, 0.2) is 6.20 Å². The van der Waals surface area contributed by atoms with Gasteiger partial charge in [0.25, 0.3) is 0 Å². The monoisotopic (exact) mass is 226 g/mol. The molecule has 6 heteroatoms. The number of carbonyl (C=O) groups is 2. The van der Waals surface area contributed by atoms with E-state index < -0.39 is 11.9 Å². The van der Waals surface area contributed by atoms with Crippen LogP contribution in [0.25, 0.3) is 0 Å². The maximum Gasteiger partial charge on any atom is 0.307 e. The Morgan fingerprint density at radius 2 is 2.00 bits per heavy atom. The van der Waals surface area contributed by atoms with E-state index in [1.54, 1.807) is 6.20 Å². The summed E-state index contributed by atoms with van der Waals surface area (Å²) < 4.78 is 0. The van der Waals surface area contributed by atoms with Crippen LogP contribution in [0.3, 0.4) is 0 Å². The molecule has 0 aliphatic carbocycles. The summed E-state index contributed by atoms with van der Waals surface area (Å²) in [6.45, 7) is 0.245. The van der Waals surface area contributed by atoms with Crippen LogP contribution in [-0.2, 0) is 29.0 Å². The number of aromatic nitrogens is 1. The minimum Gasteiger partial charge on any atom is -0.481 e. The van der Waals surface area contributed by atoms with E-state index in [2.05, 4.69) is 4.98 Å². The number of hydrogen-bond acceptors (Lipinski definition) is 3. The molecule has 0 atom stereocenters. The molecule has 1 aromatic heterocycles. The quantitative estimate of drug-likeness (QED) is 0.549. The highest BCUT2D eigenvalue weighted by atomic mass is 16.4. The lowest BCUT2D eigenvalue weighted by molar-refractivity contribution is -0.137. The third-order valence-corrected chi connectivity index (χ3v) is 2.31. The van der Waals surface area contributed by atoms with Crippen molar-refractivity contribution >= 4 is 11.9 Å². The molecule has 0 radical (unpaired) electrons. The number of aromatic amines is 1. The predicted molar refractivity (Wildman–Crippen MR) is 56.0 cm³/mol. The van der Waals surface area contributed by atoms with Crippen LogP contribution in [-0.4, -0.2) is 27.1 Å². The van der Waals surface area contributed by atoms with Crippen LogP contribution in [0.2, 0.25) is 0 Å². The highest BCUT2D eigenvalue weighted by molar-refractivity contribution is 5.71. The molecule has 16 heavy (non-hydrogen) atoms. The van der Waals surface area contributed by atoms with Gasteiger partial charge in [-0.05, 0) is 17.5 Å². The van der Waals surface area contributed by atoms with E-state index >= 15 is 0 Å². The summed E-state index contributed by atoms with van der Waals surface area (Å²) in [5.41, 5.74) is 7.50. The van der Waals surface area contributed by atoms with Gasteiger partial charge in [0.05, 0.1) is 6.42 Å². The van der Waals surface area contributed by atoms with Gasteiger partial charge in [0, 0.05) is 24.9 Å². The normalized spacial score (nSPS) is 10.3. The fourth-order valence-electron chi connectivity index (χ4n) is 1.59. The van der Waals surface area contributed by atoms with Crippen molar-refractivity contribution in [2.24, 2.45) is 5.73 Å². The lowest BCUT2D eigenvalue weighted by Gasteiger charge is -2.03. The van der Waals surface area contributed by atoms with Gasteiger partial charge in [-0.3, -0.25) is 9.59 Å². The first-order chi connectivity index (χ1) is 7.54. The number of carboxylic acids is 2. The summed E-state index contributed by atoms with van der Waals surface area (Å²) >= 11 is 0. The van der Waals surface area contributed by atoms with Gasteiger partial charge < -0.3 is 20.9 Å². The lowest BCUT2D eigenvalue weighted by atomic mass is 10.0. The van der Waals surface area contributed by atoms with Crippen LogP contribution in [0.1, 0.15) is 23.2 Å². The Kier molecular flexibility index (Phi) is 4.07. The summed E-state index contributed by atoms with van der Waals surface area (Å²) in [5.74, 6) is -1.86. The van der Waals surface area contributed by atoms with Crippen LogP contribution >= 0.6 is 0 Å². The molecule has 0 aliphatic heterocycles. The van der Waals surface area contributed by atoms with Gasteiger partial charge in [0.2, 0.25) is 0 Å². The Morgan fingerprint density at radius 3 is 2.50 bits per heavy atom. The molecule has 5 N–H and O–H groups in total. The first-order valence-corrected chi connectivity index (χ1v) is 4.86. The number of rotatable bonds is 6. The average molecular weight is 226 g/mol. The molecule has 1 rings (SSSR count). The van der Waals surface area contributed by atoms with Crippen molar-refractivity contribution in [3.63, 3.8) is 0 Å². The molecule has 0 fully saturated rings. The molecule has 1 heterocycles. The zero-order valence-electron chi connectivity index (χ0n) is 8.69. The van der Waals surface area contributed by atoms with Crippen molar-refractivity contribution in [3.8, 4) is 0 Å². The number of H-pyrrole nitrogens is 1. The van der Waals surface area contributed by atoms with Crippen LogP contribution in [0.4, 0.5) is 0 Å². The number of nitrogens with one attached hydrogen (secondary N) is 1. The standard InChI is InChI=1S/C10H14N2O4/c11-4-8-7(1-2-9(13)14)6(5-12-8)3-10(15)16/h5,12H,1-4,11H2,(H,13,14)(H,15,16). The molecule has 0 unspecified atom stereocenters. The molecular formula is C10H14N2O4. The molecule has 0 aliphatic rings. The molecule has 0 aromatic carbocycles. The first kappa shape index (κ1) is 12.3. The van der Waals surface area contributed by atoms with E-state index in [9.17, 15) is 9.59 Å². The molecule has 0 spiro atoms. The van der Waals surface area contributed by atoms with Crippen molar-refractivity contribution in [2.45, 2.75) is 25.8 Å². The second-order valence-electron chi connectivity index (χ2n) is 3.44. The Hall–Kier alpha value is -1.82. The molecule has 0 bridgehead atoms. The molecule has 6 nitrogen and oxygen atoms in total. The topological polar surface area (TPSA) is 116 Å². The second kappa shape index (κ2) is 5.32. The minimum atomic E-state index is -0.945. The summed E-state index contributed by atoms with van der Waals surface area (Å²) in [6, 6.07) is 0. The summed E-state index contributed by atoms with van der Waals surface area (Å²) in [5, 5.41) is 17.3. The number of carboxylic acid groups (broad SMARTS) is 2. The average Bonchev–Trinajstić information content (AvgIpc) is 2.56. The molecule has 88 valence electrons. The van der Waals surface area contributed by atoms with Crippen LogP contribution in [0, 0.1) is 0 Å². The largest absolute Gasteiger partial charge is 0.481 e. The number of hydrogen-bond donors (Lipinski definition) is 4. The van der Waals surface area contributed by atoms with Gasteiger partial charge in [0.1, 0.15) is 0 Å². The molecular weight excluding hydrogens is 212 g/mol.